The van der Waals surface area contributed by atoms with Gasteiger partial charge < -0.3 is 25.0 Å². The maximum Gasteiger partial charge on any atom is 0.451 e. The Morgan fingerprint density at radius 2 is 1.81 bits per heavy atom. The Morgan fingerprint density at radius 1 is 1.17 bits per heavy atom. The van der Waals surface area contributed by atoms with Crippen LogP contribution in [0.1, 0.15) is 52.1 Å². The molecule has 13 heteroatoms. The highest BCUT2D eigenvalue weighted by Gasteiger charge is 2.40. The topological polar surface area (TPSA) is 114 Å². The van der Waals surface area contributed by atoms with Gasteiger partial charge >= 0.3 is 6.18 Å². The summed E-state index contributed by atoms with van der Waals surface area (Å²) in [6, 6.07) is -0.545. The molecule has 196 valence electrons. The molecule has 0 saturated heterocycles. The molecule has 2 aliphatic rings. The number of alkyl halides is 3. The quantitative estimate of drug-likeness (QED) is 0.603. The van der Waals surface area contributed by atoms with Gasteiger partial charge in [-0.25, -0.2) is 15.0 Å². The van der Waals surface area contributed by atoms with Gasteiger partial charge in [0.1, 0.15) is 17.8 Å². The molecule has 0 spiro atoms. The molecular weight excluding hydrogens is 479 g/mol. The molecule has 0 radical (unpaired) electrons. The molecule has 0 unspecified atom stereocenters. The number of aryl methyl sites for hydroxylation is 1. The molecule has 2 aromatic heterocycles. The molecule has 2 aromatic rings. The maximum absolute atomic E-state index is 12.8. The SMILES string of the molecule is Cc1nc(N[C@H]2C[C@H](Oc3cnc(C(F)(F)F)nc3)C2)nc2c1NC(=O)[C@H]([C@H](C)OC(C)(C)C)N2C. The minimum Gasteiger partial charge on any atom is -0.487 e. The minimum atomic E-state index is -4.59. The lowest BCUT2D eigenvalue weighted by Crippen LogP contribution is -2.54. The summed E-state index contributed by atoms with van der Waals surface area (Å²) < 4.78 is 49.5. The molecule has 1 saturated carbocycles. The highest BCUT2D eigenvalue weighted by molar-refractivity contribution is 6.03. The first-order chi connectivity index (χ1) is 16.7. The number of carbonyl (C=O) groups excluding carboxylic acids is 1. The lowest BCUT2D eigenvalue weighted by Gasteiger charge is -2.40. The largest absolute Gasteiger partial charge is 0.487 e. The van der Waals surface area contributed by atoms with E-state index < -0.39 is 23.6 Å². The van der Waals surface area contributed by atoms with Crippen molar-refractivity contribution in [2.75, 3.05) is 22.6 Å². The van der Waals surface area contributed by atoms with E-state index >= 15 is 0 Å². The zero-order valence-electron chi connectivity index (χ0n) is 21.0. The van der Waals surface area contributed by atoms with E-state index in [1.165, 1.54) is 0 Å². The van der Waals surface area contributed by atoms with E-state index in [0.717, 1.165) is 12.4 Å². The van der Waals surface area contributed by atoms with E-state index in [0.29, 0.717) is 36.0 Å². The molecule has 1 amide bonds. The van der Waals surface area contributed by atoms with E-state index in [9.17, 15) is 18.0 Å². The standard InChI is InChI=1S/C23H30F3N7O3/c1-11-16-18(33(6)17(19(34)31-16)12(2)36-22(3,4)5)32-21(29-11)30-13-7-14(8-13)35-15-9-27-20(28-10-15)23(24,25)26/h9-10,12-14,17H,7-8H2,1-6H3,(H,31,34)(H,29,30,32)/t12-,13-,14-,17-/m0/s1. The lowest BCUT2D eigenvalue weighted by molar-refractivity contribution is -0.145. The van der Waals surface area contributed by atoms with Gasteiger partial charge in [-0.15, -0.1) is 0 Å². The van der Waals surface area contributed by atoms with Crippen LogP contribution in [0.25, 0.3) is 0 Å². The Kier molecular flexibility index (Phi) is 6.71. The number of hydrogen-bond acceptors (Lipinski definition) is 9. The zero-order valence-corrected chi connectivity index (χ0v) is 21.0. The predicted molar refractivity (Wildman–Crippen MR) is 126 cm³/mol. The number of nitrogens with one attached hydrogen (secondary N) is 2. The third-order valence-corrected chi connectivity index (χ3v) is 5.94. The van der Waals surface area contributed by atoms with E-state index in [1.807, 2.05) is 32.6 Å². The number of ether oxygens (including phenoxy) is 2. The van der Waals surface area contributed by atoms with Crippen molar-refractivity contribution in [3.8, 4) is 5.75 Å². The molecule has 1 fully saturated rings. The summed E-state index contributed by atoms with van der Waals surface area (Å²) in [7, 11) is 1.81. The molecule has 0 aromatic carbocycles. The average molecular weight is 510 g/mol. The fourth-order valence-corrected chi connectivity index (χ4v) is 4.36. The summed E-state index contributed by atoms with van der Waals surface area (Å²) in [5.41, 5.74) is 0.772. The third-order valence-electron chi connectivity index (χ3n) is 5.94. The van der Waals surface area contributed by atoms with Crippen molar-refractivity contribution < 1.29 is 27.4 Å². The van der Waals surface area contributed by atoms with Crippen LogP contribution in [0.15, 0.2) is 12.4 Å². The van der Waals surface area contributed by atoms with Gasteiger partial charge in [0.05, 0.1) is 29.8 Å². The number of halogens is 3. The first-order valence-corrected chi connectivity index (χ1v) is 11.6. The Labute approximate surface area is 207 Å². The fourth-order valence-electron chi connectivity index (χ4n) is 4.36. The number of likely N-dealkylation sites (N-methyl/N-ethyl adjacent to an activating group) is 1. The zero-order chi connectivity index (χ0) is 26.4. The van der Waals surface area contributed by atoms with Crippen molar-refractivity contribution in [3.63, 3.8) is 0 Å². The molecule has 1 aliphatic carbocycles. The number of rotatable bonds is 6. The first-order valence-electron chi connectivity index (χ1n) is 11.6. The Bertz CT molecular complexity index is 1120. The van der Waals surface area contributed by atoms with Gasteiger partial charge in [0.15, 0.2) is 11.6 Å². The molecule has 10 nitrogen and oxygen atoms in total. The van der Waals surface area contributed by atoms with Gasteiger partial charge in [-0.3, -0.25) is 4.79 Å². The molecule has 1 aliphatic heterocycles. The van der Waals surface area contributed by atoms with Crippen LogP contribution < -0.4 is 20.3 Å². The van der Waals surface area contributed by atoms with Crippen LogP contribution in [0.5, 0.6) is 5.75 Å². The van der Waals surface area contributed by atoms with Crippen molar-refractivity contribution in [1.82, 2.24) is 19.9 Å². The van der Waals surface area contributed by atoms with E-state index in [4.69, 9.17) is 9.47 Å². The van der Waals surface area contributed by atoms with Gasteiger partial charge in [0.25, 0.3) is 0 Å². The summed E-state index contributed by atoms with van der Waals surface area (Å²) in [6.45, 7) is 9.47. The van der Waals surface area contributed by atoms with Gasteiger partial charge in [0.2, 0.25) is 17.7 Å². The molecule has 2 N–H and O–H groups in total. The van der Waals surface area contributed by atoms with E-state index in [-0.39, 0.29) is 29.9 Å². The molecule has 2 atom stereocenters. The van der Waals surface area contributed by atoms with Crippen LogP contribution in [-0.2, 0) is 15.7 Å². The third kappa shape index (κ3) is 5.61. The Morgan fingerprint density at radius 3 is 2.39 bits per heavy atom. The highest BCUT2D eigenvalue weighted by atomic mass is 19.4. The Hall–Kier alpha value is -3.22. The number of fused-ring (bicyclic) bond motifs is 1. The lowest BCUT2D eigenvalue weighted by atomic mass is 9.89. The number of hydrogen-bond donors (Lipinski definition) is 2. The van der Waals surface area contributed by atoms with Crippen LogP contribution in [-0.4, -0.2) is 62.8 Å². The number of anilines is 3. The molecule has 4 rings (SSSR count). The second kappa shape index (κ2) is 9.34. The van der Waals surface area contributed by atoms with Gasteiger partial charge in [0, 0.05) is 25.9 Å². The molecule has 36 heavy (non-hydrogen) atoms. The van der Waals surface area contributed by atoms with Crippen LogP contribution in [0.2, 0.25) is 0 Å². The summed E-state index contributed by atoms with van der Waals surface area (Å²) >= 11 is 0. The number of aromatic nitrogens is 4. The number of amides is 1. The summed E-state index contributed by atoms with van der Waals surface area (Å²) in [5, 5.41) is 6.19. The van der Waals surface area contributed by atoms with Gasteiger partial charge in [-0.2, -0.15) is 18.2 Å². The molecular formula is C23H30F3N7O3. The average Bonchev–Trinajstić information content (AvgIpc) is 2.71. The Balaban J connectivity index is 1.39. The highest BCUT2D eigenvalue weighted by Crippen LogP contribution is 2.35. The van der Waals surface area contributed by atoms with Crippen molar-refractivity contribution >= 4 is 23.4 Å². The molecule has 3 heterocycles. The van der Waals surface area contributed by atoms with E-state index in [2.05, 4.69) is 30.6 Å². The first kappa shape index (κ1) is 25.9. The van der Waals surface area contributed by atoms with Crippen molar-refractivity contribution in [1.29, 1.82) is 0 Å². The van der Waals surface area contributed by atoms with E-state index in [1.54, 1.807) is 14.0 Å². The van der Waals surface area contributed by atoms with Crippen LogP contribution in [0.4, 0.5) is 30.6 Å². The normalized spacial score (nSPS) is 22.9. The van der Waals surface area contributed by atoms with Crippen LogP contribution in [0, 0.1) is 6.92 Å². The molecule has 0 bridgehead atoms. The minimum absolute atomic E-state index is 0.0187. The van der Waals surface area contributed by atoms with Crippen LogP contribution >= 0.6 is 0 Å². The number of carbonyl (C=O) groups is 1. The van der Waals surface area contributed by atoms with Crippen molar-refractivity contribution in [3.05, 3.63) is 23.9 Å². The van der Waals surface area contributed by atoms with Crippen molar-refractivity contribution in [2.24, 2.45) is 0 Å². The number of nitrogens with zero attached hydrogens (tertiary/aromatic N) is 5. The summed E-state index contributed by atoms with van der Waals surface area (Å²) in [6.07, 6.45) is -1.91. The monoisotopic (exact) mass is 509 g/mol. The summed E-state index contributed by atoms with van der Waals surface area (Å²) in [5.74, 6) is -0.194. The smallest absolute Gasteiger partial charge is 0.451 e. The fraction of sp³-hybridized carbons (Fsp3) is 0.609. The van der Waals surface area contributed by atoms with Gasteiger partial charge in [-0.1, -0.05) is 0 Å². The van der Waals surface area contributed by atoms with Crippen LogP contribution in [0.3, 0.4) is 0 Å². The second-order valence-electron chi connectivity index (χ2n) is 10.1. The maximum atomic E-state index is 12.8. The van der Waals surface area contributed by atoms with Crippen molar-refractivity contribution in [2.45, 2.75) is 83.5 Å². The summed E-state index contributed by atoms with van der Waals surface area (Å²) in [4.78, 5) is 30.4. The predicted octanol–water partition coefficient (Wildman–Crippen LogP) is 3.58. The van der Waals surface area contributed by atoms with Gasteiger partial charge in [-0.05, 0) is 34.6 Å². The second-order valence-corrected chi connectivity index (χ2v) is 10.1.